The van der Waals surface area contributed by atoms with Gasteiger partial charge >= 0.3 is 6.09 Å². The van der Waals surface area contributed by atoms with Crippen LogP contribution in [0, 0.1) is 17.5 Å². The predicted octanol–water partition coefficient (Wildman–Crippen LogP) is 4.69. The number of alkyl carbamates (subject to hydrolysis) is 1. The van der Waals surface area contributed by atoms with E-state index in [0.29, 0.717) is 17.0 Å². The van der Waals surface area contributed by atoms with Gasteiger partial charge in [0.1, 0.15) is 23.5 Å². The van der Waals surface area contributed by atoms with Crippen molar-refractivity contribution in [2.24, 2.45) is 0 Å². The smallest absolute Gasteiger partial charge is 0.408 e. The number of aromatic nitrogens is 1. The fourth-order valence-corrected chi connectivity index (χ4v) is 3.06. The van der Waals surface area contributed by atoms with Crippen LogP contribution in [0.3, 0.4) is 0 Å². The highest BCUT2D eigenvalue weighted by Gasteiger charge is 2.39. The number of hydrogen-bond acceptors (Lipinski definition) is 3. The van der Waals surface area contributed by atoms with E-state index in [0.717, 1.165) is 12.1 Å². The molecule has 0 spiro atoms. The minimum absolute atomic E-state index is 0.0395. The predicted molar refractivity (Wildman–Crippen MR) is 91.1 cm³/mol. The van der Waals surface area contributed by atoms with E-state index in [1.54, 1.807) is 30.3 Å². The molecule has 1 amide bonds. The lowest BCUT2D eigenvalue weighted by atomic mass is 9.99. The normalized spacial score (nSPS) is 18.9. The van der Waals surface area contributed by atoms with Gasteiger partial charge in [-0.2, -0.15) is 0 Å². The third-order valence-electron chi connectivity index (χ3n) is 4.29. The van der Waals surface area contributed by atoms with Crippen LogP contribution in [0.2, 0.25) is 0 Å². The second kappa shape index (κ2) is 6.75. The molecule has 7 heteroatoms. The number of nitrogens with zero attached hydrogens (tertiary/aromatic N) is 1. The third kappa shape index (κ3) is 3.36. The Hall–Kier alpha value is -3.35. The van der Waals surface area contributed by atoms with Crippen molar-refractivity contribution in [3.8, 4) is 11.3 Å². The topological polar surface area (TPSA) is 51.2 Å². The van der Waals surface area contributed by atoms with Crippen molar-refractivity contribution in [3.63, 3.8) is 0 Å². The largest absolute Gasteiger partial charge is 0.439 e. The van der Waals surface area contributed by atoms with Gasteiger partial charge in [-0.15, -0.1) is 0 Å². The van der Waals surface area contributed by atoms with Crippen molar-refractivity contribution < 1.29 is 22.7 Å². The van der Waals surface area contributed by atoms with Gasteiger partial charge in [-0.1, -0.05) is 18.2 Å². The highest BCUT2D eigenvalue weighted by Crippen LogP contribution is 2.37. The van der Waals surface area contributed by atoms with Crippen molar-refractivity contribution in [2.75, 3.05) is 0 Å². The van der Waals surface area contributed by atoms with Gasteiger partial charge in [0.15, 0.2) is 6.10 Å². The molecule has 2 atom stereocenters. The quantitative estimate of drug-likeness (QED) is 0.728. The minimum atomic E-state index is -1.01. The zero-order valence-electron chi connectivity index (χ0n) is 13.8. The Bertz CT molecular complexity index is 1030. The Labute approximate surface area is 152 Å². The number of pyridine rings is 1. The van der Waals surface area contributed by atoms with E-state index in [1.165, 1.54) is 18.2 Å². The van der Waals surface area contributed by atoms with Crippen LogP contribution in [0.1, 0.15) is 23.4 Å². The van der Waals surface area contributed by atoms with Gasteiger partial charge in [0.2, 0.25) is 0 Å². The summed E-state index contributed by atoms with van der Waals surface area (Å²) in [5.74, 6) is -1.94. The number of hydrogen-bond donors (Lipinski definition) is 1. The Kier molecular flexibility index (Phi) is 4.27. The average Bonchev–Trinajstić information content (AvgIpc) is 3.03. The first kappa shape index (κ1) is 17.1. The van der Waals surface area contributed by atoms with E-state index < -0.39 is 35.7 Å². The average molecular weight is 370 g/mol. The van der Waals surface area contributed by atoms with Gasteiger partial charge in [-0.25, -0.2) is 18.0 Å². The SMILES string of the molecule is O=C1N[C@H](c2cccc(-c3cccc(F)c3)n2)[C@@H](c2ccc(F)cc2F)O1. The molecule has 2 heterocycles. The summed E-state index contributed by atoms with van der Waals surface area (Å²) >= 11 is 0. The lowest BCUT2D eigenvalue weighted by molar-refractivity contribution is 0.129. The molecule has 0 aliphatic carbocycles. The lowest BCUT2D eigenvalue weighted by Gasteiger charge is -2.18. The van der Waals surface area contributed by atoms with Crippen LogP contribution < -0.4 is 5.32 Å². The maximum atomic E-state index is 14.2. The van der Waals surface area contributed by atoms with Crippen molar-refractivity contribution in [1.29, 1.82) is 0 Å². The van der Waals surface area contributed by atoms with Crippen LogP contribution in [0.4, 0.5) is 18.0 Å². The summed E-state index contributed by atoms with van der Waals surface area (Å²) in [5, 5.41) is 2.59. The second-order valence-electron chi connectivity index (χ2n) is 6.07. The van der Waals surface area contributed by atoms with Crippen LogP contribution >= 0.6 is 0 Å². The molecule has 3 aromatic rings. The van der Waals surface area contributed by atoms with Crippen molar-refractivity contribution in [1.82, 2.24) is 10.3 Å². The summed E-state index contributed by atoms with van der Waals surface area (Å²) in [5.41, 5.74) is 1.51. The molecule has 0 radical (unpaired) electrons. The third-order valence-corrected chi connectivity index (χ3v) is 4.29. The van der Waals surface area contributed by atoms with Gasteiger partial charge in [0.05, 0.1) is 11.4 Å². The molecule has 27 heavy (non-hydrogen) atoms. The van der Waals surface area contributed by atoms with Gasteiger partial charge in [-0.05, 0) is 36.4 Å². The Morgan fingerprint density at radius 3 is 2.48 bits per heavy atom. The number of ether oxygens (including phenoxy) is 1. The molecular weight excluding hydrogens is 357 g/mol. The van der Waals surface area contributed by atoms with Crippen LogP contribution in [-0.2, 0) is 4.74 Å². The van der Waals surface area contributed by atoms with Gasteiger partial charge in [-0.3, -0.25) is 4.98 Å². The van der Waals surface area contributed by atoms with E-state index in [-0.39, 0.29) is 5.56 Å². The highest BCUT2D eigenvalue weighted by molar-refractivity contribution is 5.71. The molecule has 4 nitrogen and oxygen atoms in total. The molecule has 1 aromatic heterocycles. The van der Waals surface area contributed by atoms with E-state index in [1.807, 2.05) is 0 Å². The number of amides is 1. The van der Waals surface area contributed by atoms with E-state index >= 15 is 0 Å². The summed E-state index contributed by atoms with van der Waals surface area (Å²) in [6.45, 7) is 0. The molecule has 0 unspecified atom stereocenters. The number of halogens is 3. The molecule has 2 aromatic carbocycles. The van der Waals surface area contributed by atoms with Gasteiger partial charge < -0.3 is 10.1 Å². The number of benzene rings is 2. The van der Waals surface area contributed by atoms with E-state index in [2.05, 4.69) is 10.3 Å². The molecule has 1 fully saturated rings. The summed E-state index contributed by atoms with van der Waals surface area (Å²) < 4.78 is 46.1. The molecule has 0 saturated carbocycles. The number of carbonyl (C=O) groups excluding carboxylic acids is 1. The Morgan fingerprint density at radius 1 is 0.926 bits per heavy atom. The summed E-state index contributed by atoms with van der Waals surface area (Å²) in [6, 6.07) is 13.3. The lowest BCUT2D eigenvalue weighted by Crippen LogP contribution is -2.21. The van der Waals surface area contributed by atoms with E-state index in [9.17, 15) is 18.0 Å². The maximum Gasteiger partial charge on any atom is 0.408 e. The number of cyclic esters (lactones) is 1. The first-order chi connectivity index (χ1) is 13.0. The van der Waals surface area contributed by atoms with Crippen LogP contribution in [0.15, 0.2) is 60.7 Å². The maximum absolute atomic E-state index is 14.2. The summed E-state index contributed by atoms with van der Waals surface area (Å²) in [4.78, 5) is 16.2. The van der Waals surface area contributed by atoms with Gasteiger partial charge in [0, 0.05) is 17.2 Å². The fraction of sp³-hybridized carbons (Fsp3) is 0.100. The highest BCUT2D eigenvalue weighted by atomic mass is 19.1. The minimum Gasteiger partial charge on any atom is -0.439 e. The molecule has 136 valence electrons. The van der Waals surface area contributed by atoms with Crippen LogP contribution in [0.25, 0.3) is 11.3 Å². The molecule has 1 saturated heterocycles. The molecular formula is C20H13F3N2O2. The summed E-state index contributed by atoms with van der Waals surface area (Å²) in [7, 11) is 0. The zero-order chi connectivity index (χ0) is 19.0. The molecule has 0 bridgehead atoms. The van der Waals surface area contributed by atoms with Crippen molar-refractivity contribution in [3.05, 3.63) is 89.4 Å². The second-order valence-corrected chi connectivity index (χ2v) is 6.07. The van der Waals surface area contributed by atoms with Crippen LogP contribution in [-0.4, -0.2) is 11.1 Å². The van der Waals surface area contributed by atoms with Crippen LogP contribution in [0.5, 0.6) is 0 Å². The Morgan fingerprint density at radius 2 is 1.70 bits per heavy atom. The number of carbonyl (C=O) groups is 1. The summed E-state index contributed by atoms with van der Waals surface area (Å²) in [6.07, 6.45) is -1.74. The zero-order valence-corrected chi connectivity index (χ0v) is 13.8. The molecule has 1 aliphatic rings. The van der Waals surface area contributed by atoms with Crippen molar-refractivity contribution >= 4 is 6.09 Å². The van der Waals surface area contributed by atoms with Gasteiger partial charge in [0.25, 0.3) is 0 Å². The molecule has 1 aliphatic heterocycles. The first-order valence-corrected chi connectivity index (χ1v) is 8.16. The molecule has 1 N–H and O–H groups in total. The standard InChI is InChI=1S/C20H13F3N2O2/c21-12-4-1-3-11(9-12)16-5-2-6-17(24-16)18-19(27-20(26)25-18)14-8-7-13(22)10-15(14)23/h1-10,18-19H,(H,25,26)/t18-,19-/m1/s1. The monoisotopic (exact) mass is 370 g/mol. The first-order valence-electron chi connectivity index (χ1n) is 8.16. The Balaban J connectivity index is 1.73. The molecule has 4 rings (SSSR count). The number of nitrogens with one attached hydrogen (secondary N) is 1. The van der Waals surface area contributed by atoms with Crippen molar-refractivity contribution in [2.45, 2.75) is 12.1 Å². The number of rotatable bonds is 3. The van der Waals surface area contributed by atoms with E-state index in [4.69, 9.17) is 4.74 Å². The fourth-order valence-electron chi connectivity index (χ4n) is 3.06.